The quantitative estimate of drug-likeness (QED) is 0.113. The lowest BCUT2D eigenvalue weighted by atomic mass is 9.33. The first kappa shape index (κ1) is 42.7. The maximum atomic E-state index is 12.1. The summed E-state index contributed by atoms with van der Waals surface area (Å²) < 4.78 is 381. The number of fused-ring (bicyclic) bond motifs is 10. The van der Waals surface area contributed by atoms with E-state index in [9.17, 15) is 41.1 Å². The molecule has 0 amide bonds. The van der Waals surface area contributed by atoms with E-state index in [1.165, 1.54) is 0 Å². The zero-order valence-electron chi connectivity index (χ0n) is 104. The van der Waals surface area contributed by atoms with E-state index in [1.54, 1.807) is 9.80 Å². The van der Waals surface area contributed by atoms with Crippen molar-refractivity contribution < 1.29 is 52.1 Å². The fourth-order valence-corrected chi connectivity index (χ4v) is 16.5. The van der Waals surface area contributed by atoms with Crippen molar-refractivity contribution in [2.75, 3.05) is 9.80 Å². The third kappa shape index (κ3) is 12.4. The van der Waals surface area contributed by atoms with Gasteiger partial charge >= 0.3 is 0 Å². The zero-order chi connectivity index (χ0) is 114. The maximum absolute atomic E-state index is 12.1. The molecule has 4 heterocycles. The molecular formula is C114H91BN4. The van der Waals surface area contributed by atoms with Crippen LogP contribution in [0.15, 0.2) is 387 Å². The Morgan fingerprint density at radius 1 is 0.244 bits per heavy atom. The molecule has 0 N–H and O–H groups in total. The van der Waals surface area contributed by atoms with Gasteiger partial charge in [0, 0.05) is 77.9 Å². The maximum Gasteiger partial charge on any atom is 0.252 e. The largest absolute Gasteiger partial charge is 0.310 e. The van der Waals surface area contributed by atoms with Gasteiger partial charge in [-0.05, 0) is 213 Å². The van der Waals surface area contributed by atoms with Gasteiger partial charge in [-0.1, -0.05) is 353 Å². The number of aromatic nitrogens is 2. The Morgan fingerprint density at radius 2 is 0.546 bits per heavy atom. The van der Waals surface area contributed by atoms with Gasteiger partial charge in [-0.25, -0.2) is 0 Å². The van der Waals surface area contributed by atoms with Gasteiger partial charge in [0.15, 0.2) is 0 Å². The minimum absolute atomic E-state index is 0.122. The molecule has 0 aliphatic carbocycles. The molecule has 2 aromatic heterocycles. The Bertz CT molecular complexity index is 8940. The summed E-state index contributed by atoms with van der Waals surface area (Å²) >= 11 is 0. The van der Waals surface area contributed by atoms with Crippen molar-refractivity contribution in [3.63, 3.8) is 0 Å². The zero-order valence-corrected chi connectivity index (χ0v) is 65.9. The van der Waals surface area contributed by atoms with Crippen molar-refractivity contribution in [1.82, 2.24) is 9.13 Å². The summed E-state index contributed by atoms with van der Waals surface area (Å²) in [6.07, 6.45) is 0. The fraction of sp³-hybridized carbons (Fsp3) is 0.105. The fourth-order valence-electron chi connectivity index (χ4n) is 16.5. The first-order chi connectivity index (χ1) is 73.8. The molecule has 2 aliphatic rings. The summed E-state index contributed by atoms with van der Waals surface area (Å²) in [6.45, 7) is 16.0. The minimum Gasteiger partial charge on any atom is -0.310 e. The smallest absolute Gasteiger partial charge is 0.252 e. The highest BCUT2D eigenvalue weighted by Crippen LogP contribution is 2.56. The Kier molecular flexibility index (Phi) is 10.2. The van der Waals surface area contributed by atoms with E-state index in [0.717, 1.165) is 20.3 Å². The van der Waals surface area contributed by atoms with Crippen molar-refractivity contribution in [1.29, 1.82) is 0 Å². The lowest BCUT2D eigenvalue weighted by Crippen LogP contribution is -2.61. The number of anilines is 6. The van der Waals surface area contributed by atoms with E-state index in [2.05, 4.69) is 0 Å². The molecule has 570 valence electrons. The summed E-state index contributed by atoms with van der Waals surface area (Å²) in [5.74, 6) is 0. The van der Waals surface area contributed by atoms with Gasteiger partial charge in [0.1, 0.15) is 0 Å². The summed E-state index contributed by atoms with van der Waals surface area (Å²) in [5.41, 5.74) is -8.55. The second kappa shape index (κ2) is 28.4. The normalized spacial score (nSPS) is 17.2. The molecule has 2 aliphatic heterocycles. The Balaban J connectivity index is 1.00. The average Bonchev–Trinajstić information content (AvgIpc) is 1.58. The highest BCUT2D eigenvalue weighted by molar-refractivity contribution is 7.00. The minimum atomic E-state index is -1.91. The van der Waals surface area contributed by atoms with Crippen LogP contribution in [0.4, 0.5) is 34.1 Å². The lowest BCUT2D eigenvalue weighted by molar-refractivity contribution is 0.590. The van der Waals surface area contributed by atoms with Crippen LogP contribution in [0.5, 0.6) is 0 Å². The Morgan fingerprint density at radius 3 is 0.891 bits per heavy atom. The van der Waals surface area contributed by atoms with Crippen LogP contribution in [0, 0.1) is 0 Å². The summed E-state index contributed by atoms with van der Waals surface area (Å²) in [7, 11) is 0. The molecule has 19 aromatic rings. The van der Waals surface area contributed by atoms with Gasteiger partial charge in [-0.3, -0.25) is 0 Å². The third-order valence-corrected chi connectivity index (χ3v) is 22.3. The van der Waals surface area contributed by atoms with Crippen molar-refractivity contribution >= 4 is 101 Å². The predicted octanol–water partition coefficient (Wildman–Crippen LogP) is 29.2. The van der Waals surface area contributed by atoms with E-state index in [4.69, 9.17) is 11.0 Å². The van der Waals surface area contributed by atoms with E-state index in [-0.39, 0.29) is 50.5 Å². The second-order valence-electron chi connectivity index (χ2n) is 32.6. The third-order valence-electron chi connectivity index (χ3n) is 22.3. The lowest BCUT2D eigenvalue weighted by Gasteiger charge is -2.47. The van der Waals surface area contributed by atoms with Gasteiger partial charge < -0.3 is 18.9 Å². The molecule has 5 heteroatoms. The average molecular weight is 1570 g/mol. The van der Waals surface area contributed by atoms with Crippen LogP contribution < -0.4 is 26.2 Å². The van der Waals surface area contributed by atoms with Crippen molar-refractivity contribution in [2.24, 2.45) is 0 Å². The molecule has 0 radical (unpaired) electrons. The van der Waals surface area contributed by atoms with Crippen LogP contribution in [-0.2, 0) is 16.2 Å². The standard InChI is InChI=1S/C114H91BN4/c1-112(2,3)82-66-93(76-40-20-12-21-41-76)110(94(67-82)77-42-22-13-23-43-77)118-105-72-85(116-101-54-34-32-52-91(101)97-64-80(56-62-103(97)116)89-50-30-28-48-87(89)74-36-16-10-17-37-74)58-60-99(105)115-100-61-59-86(117-102-55-35-33-53-92(102)98-65-81(57-63-104(98)117)90-51-31-29-49-88(90)75-38-18-11-19-39-75)73-106(100)119(108-71-84(114(7,8)9)70-107(118)109(108)115)111-95(78-44-24-14-25-45-78)68-83(113(4,5)6)69-96(111)79-46-26-15-27-47-79/h10-73H,1-9H3/i10D,11D,16D,17D,18D,19D,28D,29D,30D,31D,32D,33D,34D,35D,36D,37D,38D,39D,48D,49D,50D,51D,52D,53D,54D,55D,56D,57D,58D,59D,60D,61D,62D,63D,64D,65D,72D,73D. The van der Waals surface area contributed by atoms with Crippen molar-refractivity contribution in [3.8, 4) is 100 Å². The molecule has 21 rings (SSSR count). The number of hydrogen-bond acceptors (Lipinski definition) is 2. The van der Waals surface area contributed by atoms with E-state index in [0.29, 0.717) is 50.1 Å². The summed E-state index contributed by atoms with van der Waals surface area (Å²) in [5, 5.41) is -2.70. The van der Waals surface area contributed by atoms with Crippen LogP contribution in [0.3, 0.4) is 0 Å². The van der Waals surface area contributed by atoms with E-state index in [1.807, 2.05) is 220 Å². The van der Waals surface area contributed by atoms with Crippen molar-refractivity contribution in [2.45, 2.75) is 78.6 Å². The second-order valence-corrected chi connectivity index (χ2v) is 32.6. The summed E-state index contributed by atoms with van der Waals surface area (Å²) in [4.78, 5) is 3.50. The van der Waals surface area contributed by atoms with Crippen LogP contribution in [0.2, 0.25) is 0 Å². The van der Waals surface area contributed by atoms with Crippen LogP contribution in [0.1, 0.15) is 131 Å². The van der Waals surface area contributed by atoms with Crippen molar-refractivity contribution in [3.05, 3.63) is 404 Å². The monoisotopic (exact) mass is 1560 g/mol. The molecule has 0 spiro atoms. The molecule has 0 bridgehead atoms. The van der Waals surface area contributed by atoms with E-state index >= 15 is 0 Å². The number of benzene rings is 17. The van der Waals surface area contributed by atoms with Gasteiger partial charge in [-0.2, -0.15) is 0 Å². The van der Waals surface area contributed by atoms with Crippen LogP contribution >= 0.6 is 0 Å². The predicted molar refractivity (Wildman–Crippen MR) is 509 cm³/mol. The molecule has 4 nitrogen and oxygen atoms in total. The molecule has 0 atom stereocenters. The molecule has 0 fully saturated rings. The molecule has 0 unspecified atom stereocenters. The van der Waals surface area contributed by atoms with E-state index < -0.39 is 352 Å². The Labute approximate surface area is 752 Å². The van der Waals surface area contributed by atoms with Crippen LogP contribution in [-0.4, -0.2) is 15.8 Å². The van der Waals surface area contributed by atoms with Crippen LogP contribution in [0.25, 0.3) is 144 Å². The summed E-state index contributed by atoms with van der Waals surface area (Å²) in [6, 6.07) is 10.9. The highest BCUT2D eigenvalue weighted by atomic mass is 15.2. The highest BCUT2D eigenvalue weighted by Gasteiger charge is 2.47. The first-order valence-corrected chi connectivity index (χ1v) is 38.9. The number of nitrogens with zero attached hydrogens (tertiary/aromatic N) is 4. The first-order valence-electron chi connectivity index (χ1n) is 57.9. The molecule has 0 saturated heterocycles. The van der Waals surface area contributed by atoms with Gasteiger partial charge in [0.25, 0.3) is 6.71 Å². The molecule has 119 heavy (non-hydrogen) atoms. The molecular weight excluding hydrogens is 1440 g/mol. The number of hydrogen-bond donors (Lipinski definition) is 0. The van der Waals surface area contributed by atoms with Gasteiger partial charge in [-0.15, -0.1) is 0 Å². The number of rotatable bonds is 12. The molecule has 17 aromatic carbocycles. The molecule has 0 saturated carbocycles. The Hall–Kier alpha value is -14.0. The van der Waals surface area contributed by atoms with Gasteiger partial charge in [0.2, 0.25) is 0 Å². The topological polar surface area (TPSA) is 16.3 Å². The number of para-hydroxylation sites is 2. The SMILES string of the molecule is [2H]c1c([2H])c([2H])c(-c2c([2H])c([2H])c([2H])c([2H])c2-c2c([2H])c([2H])c3c(c2[2H])c2c([2H])c([2H])c([2H])c([2H])c2n3-c2c([2H])c([2H])c3c(c2[2H])N(c2c(-c4ccccc4)cc(C(C)(C)C)cc2-c2ccccc2)c2cc(C(C)(C)C)cc4c2B3c2c([2H])c([2H])c(-n3c5c([2H])c([2H])c([2H])c([2H])c5c5c([2H])c(-c6c([2H])c([2H])c([2H])c([2H])c6-c6c([2H])c([2H])c([2H])c([2H])c6[2H])c([2H])c([2H])c53)c([2H])c2N4c2c(-c3ccccc3)cc(C(C)(C)C)cc2-c2ccccc2)c([2H])c1[2H]. The van der Waals surface area contributed by atoms with Gasteiger partial charge in [0.05, 0.1) is 85.5 Å².